The maximum absolute atomic E-state index is 12.0. The molecule has 0 unspecified atom stereocenters. The molecule has 1 atom stereocenters. The van der Waals surface area contributed by atoms with Crippen molar-refractivity contribution in [3.8, 4) is 17.2 Å². The third kappa shape index (κ3) is 4.03. The van der Waals surface area contributed by atoms with Gasteiger partial charge in [0.1, 0.15) is 11.4 Å². The molecule has 1 aliphatic heterocycles. The second-order valence-electron chi connectivity index (χ2n) is 6.17. The molecule has 2 N–H and O–H groups in total. The standard InChI is InChI=1S/C19H21NO5/c1-13-5-3-4-6-15(13)23-10-18(21)20-11-19(2,22)14-7-8-16-17(9-14)25-12-24-16/h3-9,22H,10-12H2,1-2H3,(H,20,21)/t19-/m0/s1. The SMILES string of the molecule is Cc1ccccc1OCC(=O)NC[C@](C)(O)c1ccc2c(c1)OCO2. The highest BCUT2D eigenvalue weighted by Crippen LogP contribution is 2.35. The van der Waals surface area contributed by atoms with Gasteiger partial charge in [0.15, 0.2) is 18.1 Å². The van der Waals surface area contributed by atoms with E-state index in [9.17, 15) is 9.90 Å². The van der Waals surface area contributed by atoms with Gasteiger partial charge < -0.3 is 24.6 Å². The van der Waals surface area contributed by atoms with Crippen molar-refractivity contribution in [1.82, 2.24) is 5.32 Å². The van der Waals surface area contributed by atoms with E-state index in [-0.39, 0.29) is 25.9 Å². The first kappa shape index (κ1) is 17.1. The van der Waals surface area contributed by atoms with E-state index >= 15 is 0 Å². The lowest BCUT2D eigenvalue weighted by Gasteiger charge is -2.24. The number of carbonyl (C=O) groups is 1. The number of amides is 1. The van der Waals surface area contributed by atoms with Crippen LogP contribution < -0.4 is 19.5 Å². The predicted molar refractivity (Wildman–Crippen MR) is 91.8 cm³/mol. The molecule has 2 aromatic carbocycles. The van der Waals surface area contributed by atoms with Gasteiger partial charge in [-0.2, -0.15) is 0 Å². The highest BCUT2D eigenvalue weighted by Gasteiger charge is 2.26. The third-order valence-electron chi connectivity index (χ3n) is 4.08. The number of ether oxygens (including phenoxy) is 3. The summed E-state index contributed by atoms with van der Waals surface area (Å²) in [6.07, 6.45) is 0. The molecule has 1 heterocycles. The van der Waals surface area contributed by atoms with Crippen molar-refractivity contribution in [2.75, 3.05) is 19.9 Å². The minimum absolute atomic E-state index is 0.0581. The number of hydrogen-bond donors (Lipinski definition) is 2. The van der Waals surface area contributed by atoms with Gasteiger partial charge >= 0.3 is 0 Å². The molecule has 2 aromatic rings. The normalized spacial score (nSPS) is 14.7. The second kappa shape index (κ2) is 7.03. The molecule has 0 fully saturated rings. The van der Waals surface area contributed by atoms with Gasteiger partial charge in [-0.05, 0) is 43.2 Å². The highest BCUT2D eigenvalue weighted by atomic mass is 16.7. The first-order chi connectivity index (χ1) is 12.0. The van der Waals surface area contributed by atoms with Crippen LogP contribution in [0.5, 0.6) is 17.2 Å². The molecule has 0 bridgehead atoms. The van der Waals surface area contributed by atoms with Gasteiger partial charge in [0.2, 0.25) is 6.79 Å². The maximum atomic E-state index is 12.0. The van der Waals surface area contributed by atoms with Gasteiger partial charge in [-0.1, -0.05) is 24.3 Å². The average molecular weight is 343 g/mol. The van der Waals surface area contributed by atoms with Crippen LogP contribution in [-0.2, 0) is 10.4 Å². The van der Waals surface area contributed by atoms with Crippen LogP contribution in [0.4, 0.5) is 0 Å². The smallest absolute Gasteiger partial charge is 0.258 e. The summed E-state index contributed by atoms with van der Waals surface area (Å²) in [6, 6.07) is 12.7. The number of nitrogens with one attached hydrogen (secondary N) is 1. The lowest BCUT2D eigenvalue weighted by Crippen LogP contribution is -2.40. The van der Waals surface area contributed by atoms with Crippen molar-refractivity contribution in [3.05, 3.63) is 53.6 Å². The second-order valence-corrected chi connectivity index (χ2v) is 6.17. The first-order valence-corrected chi connectivity index (χ1v) is 8.03. The number of aliphatic hydroxyl groups is 1. The summed E-state index contributed by atoms with van der Waals surface area (Å²) in [4.78, 5) is 12.0. The van der Waals surface area contributed by atoms with E-state index in [0.29, 0.717) is 22.8 Å². The Labute approximate surface area is 146 Å². The Morgan fingerprint density at radius 2 is 2.00 bits per heavy atom. The summed E-state index contributed by atoms with van der Waals surface area (Å²) in [5.74, 6) is 1.60. The Kier molecular flexibility index (Phi) is 4.81. The van der Waals surface area contributed by atoms with Gasteiger partial charge in [-0.25, -0.2) is 0 Å². The molecule has 0 saturated heterocycles. The summed E-state index contributed by atoms with van der Waals surface area (Å²) in [7, 11) is 0. The first-order valence-electron chi connectivity index (χ1n) is 8.03. The summed E-state index contributed by atoms with van der Waals surface area (Å²) in [6.45, 7) is 3.67. The highest BCUT2D eigenvalue weighted by molar-refractivity contribution is 5.77. The molecule has 1 amide bonds. The Hall–Kier alpha value is -2.73. The number of rotatable bonds is 6. The Morgan fingerprint density at radius 1 is 1.24 bits per heavy atom. The number of fused-ring (bicyclic) bond motifs is 1. The molecule has 0 spiro atoms. The fourth-order valence-electron chi connectivity index (χ4n) is 2.52. The fourth-order valence-corrected chi connectivity index (χ4v) is 2.52. The maximum Gasteiger partial charge on any atom is 0.258 e. The van der Waals surface area contributed by atoms with Crippen LogP contribution in [0.25, 0.3) is 0 Å². The van der Waals surface area contributed by atoms with Crippen LogP contribution in [-0.4, -0.2) is 31.0 Å². The van der Waals surface area contributed by atoms with Crippen molar-refractivity contribution in [3.63, 3.8) is 0 Å². The number of para-hydroxylation sites is 1. The molecular formula is C19H21NO5. The van der Waals surface area contributed by atoms with E-state index in [2.05, 4.69) is 5.32 Å². The van der Waals surface area contributed by atoms with Gasteiger partial charge in [-0.15, -0.1) is 0 Å². The van der Waals surface area contributed by atoms with E-state index in [1.165, 1.54) is 0 Å². The van der Waals surface area contributed by atoms with Gasteiger partial charge in [0.25, 0.3) is 5.91 Å². The van der Waals surface area contributed by atoms with E-state index in [1.807, 2.05) is 31.2 Å². The Balaban J connectivity index is 1.54. The number of carbonyl (C=O) groups excluding carboxylic acids is 1. The van der Waals surface area contributed by atoms with Crippen molar-refractivity contribution >= 4 is 5.91 Å². The fraction of sp³-hybridized carbons (Fsp3) is 0.316. The van der Waals surface area contributed by atoms with E-state index in [0.717, 1.165) is 5.56 Å². The molecule has 0 aromatic heterocycles. The zero-order chi connectivity index (χ0) is 17.9. The molecule has 3 rings (SSSR count). The van der Waals surface area contributed by atoms with Gasteiger partial charge in [0.05, 0.1) is 6.54 Å². The van der Waals surface area contributed by atoms with Crippen LogP contribution in [0.1, 0.15) is 18.1 Å². The van der Waals surface area contributed by atoms with E-state index in [4.69, 9.17) is 14.2 Å². The summed E-state index contributed by atoms with van der Waals surface area (Å²) in [5, 5.41) is 13.3. The zero-order valence-electron chi connectivity index (χ0n) is 14.2. The molecular weight excluding hydrogens is 322 g/mol. The number of benzene rings is 2. The topological polar surface area (TPSA) is 77.0 Å². The lowest BCUT2D eigenvalue weighted by atomic mass is 9.95. The number of hydrogen-bond acceptors (Lipinski definition) is 5. The summed E-state index contributed by atoms with van der Waals surface area (Å²) in [5.41, 5.74) is 0.360. The van der Waals surface area contributed by atoms with E-state index < -0.39 is 5.60 Å². The molecule has 0 saturated carbocycles. The minimum Gasteiger partial charge on any atom is -0.484 e. The minimum atomic E-state index is -1.24. The molecule has 0 aliphatic carbocycles. The van der Waals surface area contributed by atoms with Crippen LogP contribution in [0.3, 0.4) is 0 Å². The zero-order valence-corrected chi connectivity index (χ0v) is 14.2. The van der Waals surface area contributed by atoms with Gasteiger partial charge in [-0.3, -0.25) is 4.79 Å². The van der Waals surface area contributed by atoms with Crippen molar-refractivity contribution < 1.29 is 24.1 Å². The van der Waals surface area contributed by atoms with Crippen LogP contribution in [0, 0.1) is 6.92 Å². The quantitative estimate of drug-likeness (QED) is 0.840. The molecule has 25 heavy (non-hydrogen) atoms. The molecule has 6 nitrogen and oxygen atoms in total. The third-order valence-corrected chi connectivity index (χ3v) is 4.08. The molecule has 0 radical (unpaired) electrons. The summed E-state index contributed by atoms with van der Waals surface area (Å²) >= 11 is 0. The van der Waals surface area contributed by atoms with Crippen LogP contribution >= 0.6 is 0 Å². The molecule has 1 aliphatic rings. The average Bonchev–Trinajstić information content (AvgIpc) is 3.07. The lowest BCUT2D eigenvalue weighted by molar-refractivity contribution is -0.124. The van der Waals surface area contributed by atoms with E-state index in [1.54, 1.807) is 25.1 Å². The summed E-state index contributed by atoms with van der Waals surface area (Å²) < 4.78 is 16.1. The Morgan fingerprint density at radius 3 is 2.80 bits per heavy atom. The Bertz CT molecular complexity index is 772. The van der Waals surface area contributed by atoms with Crippen LogP contribution in [0.2, 0.25) is 0 Å². The van der Waals surface area contributed by atoms with Crippen molar-refractivity contribution in [1.29, 1.82) is 0 Å². The van der Waals surface area contributed by atoms with Gasteiger partial charge in [0, 0.05) is 0 Å². The number of aryl methyl sites for hydroxylation is 1. The van der Waals surface area contributed by atoms with Crippen LogP contribution in [0.15, 0.2) is 42.5 Å². The van der Waals surface area contributed by atoms with Crippen molar-refractivity contribution in [2.45, 2.75) is 19.4 Å². The molecule has 6 heteroatoms. The predicted octanol–water partition coefficient (Wildman–Crippen LogP) is 2.13. The largest absolute Gasteiger partial charge is 0.484 e. The van der Waals surface area contributed by atoms with Crippen molar-refractivity contribution in [2.24, 2.45) is 0 Å². The monoisotopic (exact) mass is 343 g/mol. The molecule has 132 valence electrons.